The van der Waals surface area contributed by atoms with E-state index >= 15 is 0 Å². The summed E-state index contributed by atoms with van der Waals surface area (Å²) in [5.74, 6) is 1.25. The lowest BCUT2D eigenvalue weighted by molar-refractivity contribution is -0.121. The average molecular weight is 356 g/mol. The molecule has 1 saturated carbocycles. The molecule has 0 aromatic rings. The number of Topliss-reactive ketones (excluding diaryl/α,β-unsaturated/α-hetero) is 1. The highest BCUT2D eigenvalue weighted by molar-refractivity contribution is 5.85. The Morgan fingerprint density at radius 2 is 1.81 bits per heavy atom. The van der Waals surface area contributed by atoms with Crippen LogP contribution in [0.2, 0.25) is 0 Å². The smallest absolute Gasteiger partial charge is 0.155 e. The van der Waals surface area contributed by atoms with Crippen LogP contribution in [-0.2, 0) is 4.79 Å². The monoisotopic (exact) mass is 355 g/mol. The molecule has 0 spiro atoms. The van der Waals surface area contributed by atoms with Gasteiger partial charge in [0.25, 0.3) is 0 Å². The standard InChI is InChI=1S/C24H37NO/c1-4-5-6-7-8-9-13-22-19(3)18(2)21-12-10-11-14-23(21)25(22)17-24(26)20-15-16-20/h12,14,19-20,22H,2,4-11,13,15-17H2,1,3H3. The fraction of sp³-hybridized carbons (Fsp3) is 0.708. The van der Waals surface area contributed by atoms with E-state index < -0.39 is 0 Å². The second kappa shape index (κ2) is 9.06. The first-order valence-electron chi connectivity index (χ1n) is 11.0. The number of rotatable bonds is 10. The van der Waals surface area contributed by atoms with E-state index in [-0.39, 0.29) is 0 Å². The maximum Gasteiger partial charge on any atom is 0.155 e. The van der Waals surface area contributed by atoms with Crippen LogP contribution in [0.15, 0.2) is 35.6 Å². The third-order valence-corrected chi connectivity index (χ3v) is 6.52. The topological polar surface area (TPSA) is 20.3 Å². The summed E-state index contributed by atoms with van der Waals surface area (Å²) in [6.45, 7) is 9.65. The molecule has 2 unspecified atom stereocenters. The van der Waals surface area contributed by atoms with Crippen molar-refractivity contribution in [3.05, 3.63) is 35.6 Å². The quantitative estimate of drug-likeness (QED) is 0.435. The summed E-state index contributed by atoms with van der Waals surface area (Å²) in [6.07, 6.45) is 18.3. The van der Waals surface area contributed by atoms with Crippen LogP contribution in [0.25, 0.3) is 0 Å². The molecular formula is C24H37NO. The zero-order chi connectivity index (χ0) is 18.5. The molecule has 0 aromatic heterocycles. The summed E-state index contributed by atoms with van der Waals surface area (Å²) in [4.78, 5) is 15.1. The Kier molecular flexibility index (Phi) is 6.78. The molecule has 3 rings (SSSR count). The van der Waals surface area contributed by atoms with E-state index in [1.54, 1.807) is 0 Å². The Bertz CT molecular complexity index is 581. The first-order valence-corrected chi connectivity index (χ1v) is 11.0. The fourth-order valence-electron chi connectivity index (χ4n) is 4.60. The zero-order valence-electron chi connectivity index (χ0n) is 16.9. The minimum Gasteiger partial charge on any atom is -0.360 e. The molecule has 2 heteroatoms. The molecule has 0 aromatic carbocycles. The first kappa shape index (κ1) is 19.5. The van der Waals surface area contributed by atoms with Crippen LogP contribution in [0.4, 0.5) is 0 Å². The van der Waals surface area contributed by atoms with Gasteiger partial charge < -0.3 is 4.90 Å². The van der Waals surface area contributed by atoms with Crippen molar-refractivity contribution in [3.63, 3.8) is 0 Å². The Labute approximate surface area is 160 Å². The summed E-state index contributed by atoms with van der Waals surface area (Å²) >= 11 is 0. The van der Waals surface area contributed by atoms with Crippen molar-refractivity contribution >= 4 is 5.78 Å². The Morgan fingerprint density at radius 3 is 2.54 bits per heavy atom. The van der Waals surface area contributed by atoms with Crippen LogP contribution >= 0.6 is 0 Å². The van der Waals surface area contributed by atoms with E-state index in [9.17, 15) is 4.79 Å². The predicted octanol–water partition coefficient (Wildman–Crippen LogP) is 6.20. The van der Waals surface area contributed by atoms with Gasteiger partial charge >= 0.3 is 0 Å². The zero-order valence-corrected chi connectivity index (χ0v) is 16.9. The highest BCUT2D eigenvalue weighted by atomic mass is 16.1. The molecule has 0 N–H and O–H groups in total. The maximum absolute atomic E-state index is 12.6. The number of likely N-dealkylation sites (tertiary alicyclic amines) is 1. The number of ketones is 1. The molecule has 144 valence electrons. The number of carbonyl (C=O) groups is 1. The van der Waals surface area contributed by atoms with E-state index in [1.165, 1.54) is 61.8 Å². The van der Waals surface area contributed by atoms with Crippen molar-refractivity contribution in [2.24, 2.45) is 11.8 Å². The van der Waals surface area contributed by atoms with Crippen LogP contribution < -0.4 is 0 Å². The van der Waals surface area contributed by atoms with Gasteiger partial charge in [0, 0.05) is 23.6 Å². The molecule has 2 aliphatic carbocycles. The van der Waals surface area contributed by atoms with Crippen molar-refractivity contribution in [1.29, 1.82) is 0 Å². The summed E-state index contributed by atoms with van der Waals surface area (Å²) < 4.78 is 0. The number of hydrogen-bond donors (Lipinski definition) is 0. The van der Waals surface area contributed by atoms with Gasteiger partial charge in [0.1, 0.15) is 0 Å². The highest BCUT2D eigenvalue weighted by Gasteiger charge is 2.39. The van der Waals surface area contributed by atoms with E-state index in [1.807, 2.05) is 0 Å². The molecule has 0 bridgehead atoms. The van der Waals surface area contributed by atoms with Gasteiger partial charge in [-0.2, -0.15) is 0 Å². The van der Waals surface area contributed by atoms with Crippen LogP contribution in [-0.4, -0.2) is 23.3 Å². The highest BCUT2D eigenvalue weighted by Crippen LogP contribution is 2.42. The summed E-state index contributed by atoms with van der Waals surface area (Å²) in [5.41, 5.74) is 3.93. The average Bonchev–Trinajstić information content (AvgIpc) is 3.49. The number of allylic oxidation sites excluding steroid dienone is 3. The lowest BCUT2D eigenvalue weighted by Gasteiger charge is -2.46. The lowest BCUT2D eigenvalue weighted by Crippen LogP contribution is -2.47. The van der Waals surface area contributed by atoms with Crippen molar-refractivity contribution in [3.8, 4) is 0 Å². The predicted molar refractivity (Wildman–Crippen MR) is 110 cm³/mol. The molecule has 26 heavy (non-hydrogen) atoms. The van der Waals surface area contributed by atoms with E-state index in [4.69, 9.17) is 0 Å². The molecule has 0 radical (unpaired) electrons. The number of carbonyl (C=O) groups excluding carboxylic acids is 1. The Balaban J connectivity index is 1.68. The Hall–Kier alpha value is -1.31. The van der Waals surface area contributed by atoms with Crippen molar-refractivity contribution in [1.82, 2.24) is 4.90 Å². The van der Waals surface area contributed by atoms with Crippen LogP contribution in [0, 0.1) is 11.8 Å². The number of hydrogen-bond acceptors (Lipinski definition) is 2. The molecule has 0 amide bonds. The van der Waals surface area contributed by atoms with Gasteiger partial charge in [-0.3, -0.25) is 4.79 Å². The SMILES string of the molecule is C=C1C2=CCCC=C2N(CC(=O)C2CC2)C(CCCCCCCC)C1C. The Morgan fingerprint density at radius 1 is 1.12 bits per heavy atom. The van der Waals surface area contributed by atoms with Gasteiger partial charge in [-0.15, -0.1) is 0 Å². The molecule has 1 aliphatic heterocycles. The third kappa shape index (κ3) is 4.50. The molecule has 3 aliphatic rings. The van der Waals surface area contributed by atoms with Crippen LogP contribution in [0.1, 0.15) is 84.5 Å². The van der Waals surface area contributed by atoms with Crippen LogP contribution in [0.3, 0.4) is 0 Å². The van der Waals surface area contributed by atoms with Gasteiger partial charge in [-0.25, -0.2) is 0 Å². The summed E-state index contributed by atoms with van der Waals surface area (Å²) in [7, 11) is 0. The fourth-order valence-corrected chi connectivity index (χ4v) is 4.60. The molecule has 2 atom stereocenters. The largest absolute Gasteiger partial charge is 0.360 e. The van der Waals surface area contributed by atoms with Crippen LogP contribution in [0.5, 0.6) is 0 Å². The van der Waals surface area contributed by atoms with Crippen molar-refractivity contribution < 1.29 is 4.79 Å². The van der Waals surface area contributed by atoms with Gasteiger partial charge in [0.2, 0.25) is 0 Å². The summed E-state index contributed by atoms with van der Waals surface area (Å²) in [5, 5.41) is 0. The molecular weight excluding hydrogens is 318 g/mol. The first-order chi connectivity index (χ1) is 12.6. The second-order valence-electron chi connectivity index (χ2n) is 8.59. The van der Waals surface area contributed by atoms with Gasteiger partial charge in [-0.1, -0.05) is 71.1 Å². The molecule has 2 fully saturated rings. The van der Waals surface area contributed by atoms with E-state index in [0.717, 1.165) is 25.7 Å². The van der Waals surface area contributed by atoms with E-state index in [2.05, 4.69) is 37.5 Å². The van der Waals surface area contributed by atoms with Gasteiger partial charge in [-0.05, 0) is 43.3 Å². The number of piperidine rings is 1. The van der Waals surface area contributed by atoms with Gasteiger partial charge in [0.15, 0.2) is 5.78 Å². The minimum atomic E-state index is 0.349. The number of fused-ring (bicyclic) bond motifs is 1. The third-order valence-electron chi connectivity index (χ3n) is 6.52. The molecule has 1 heterocycles. The normalized spacial score (nSPS) is 25.6. The van der Waals surface area contributed by atoms with Crippen molar-refractivity contribution in [2.75, 3.05) is 6.54 Å². The van der Waals surface area contributed by atoms with Gasteiger partial charge in [0.05, 0.1) is 6.54 Å². The van der Waals surface area contributed by atoms with E-state index in [0.29, 0.717) is 30.2 Å². The summed E-state index contributed by atoms with van der Waals surface area (Å²) in [6, 6.07) is 0.442. The maximum atomic E-state index is 12.6. The second-order valence-corrected chi connectivity index (χ2v) is 8.59. The molecule has 1 saturated heterocycles. The minimum absolute atomic E-state index is 0.349. The number of nitrogens with zero attached hydrogens (tertiary/aromatic N) is 1. The lowest BCUT2D eigenvalue weighted by atomic mass is 9.77. The number of unbranched alkanes of at least 4 members (excludes halogenated alkanes) is 5. The van der Waals surface area contributed by atoms with Crippen molar-refractivity contribution in [2.45, 2.75) is 90.5 Å². The molecule has 2 nitrogen and oxygen atoms in total.